The van der Waals surface area contributed by atoms with Crippen molar-refractivity contribution in [3.05, 3.63) is 53.3 Å². The van der Waals surface area contributed by atoms with Gasteiger partial charge in [-0.05, 0) is 36.8 Å². The van der Waals surface area contributed by atoms with Gasteiger partial charge in [-0.1, -0.05) is 12.1 Å². The Morgan fingerprint density at radius 2 is 2.06 bits per heavy atom. The molecule has 2 aromatic rings. The highest BCUT2D eigenvalue weighted by atomic mass is 19.1. The lowest BCUT2D eigenvalue weighted by molar-refractivity contribution is 0.629. The summed E-state index contributed by atoms with van der Waals surface area (Å²) >= 11 is 0. The van der Waals surface area contributed by atoms with Crippen LogP contribution in [0, 0.1) is 24.1 Å². The predicted molar refractivity (Wildman–Crippen MR) is 70.0 cm³/mol. The zero-order valence-corrected chi connectivity index (χ0v) is 9.87. The Morgan fingerprint density at radius 1 is 1.28 bits per heavy atom. The van der Waals surface area contributed by atoms with E-state index in [1.165, 1.54) is 12.1 Å². The summed E-state index contributed by atoms with van der Waals surface area (Å²) < 4.78 is 13.2. The monoisotopic (exact) mass is 241 g/mol. The topological polar surface area (TPSA) is 61.8 Å². The molecule has 2 rings (SSSR count). The molecule has 0 aromatic heterocycles. The summed E-state index contributed by atoms with van der Waals surface area (Å²) in [5, 5.41) is 12.1. The van der Waals surface area contributed by atoms with Gasteiger partial charge in [-0.15, -0.1) is 0 Å². The third-order valence-electron chi connectivity index (χ3n) is 2.58. The van der Waals surface area contributed by atoms with Crippen LogP contribution >= 0.6 is 0 Å². The quantitative estimate of drug-likeness (QED) is 0.793. The number of nitriles is 1. The molecule has 0 heterocycles. The van der Waals surface area contributed by atoms with Crippen molar-refractivity contribution < 1.29 is 4.39 Å². The fourth-order valence-electron chi connectivity index (χ4n) is 1.76. The van der Waals surface area contributed by atoms with Crippen LogP contribution in [0.5, 0.6) is 0 Å². The molecule has 90 valence electrons. The molecule has 0 spiro atoms. The molecule has 0 saturated heterocycles. The van der Waals surface area contributed by atoms with Crippen molar-refractivity contribution in [1.29, 1.82) is 5.26 Å². The zero-order valence-electron chi connectivity index (χ0n) is 9.87. The van der Waals surface area contributed by atoms with Crippen LogP contribution in [-0.4, -0.2) is 0 Å². The van der Waals surface area contributed by atoms with E-state index in [2.05, 4.69) is 11.4 Å². The van der Waals surface area contributed by atoms with Crippen molar-refractivity contribution in [3.8, 4) is 6.07 Å². The summed E-state index contributed by atoms with van der Waals surface area (Å²) in [5.74, 6) is -0.413. The molecule has 2 aromatic carbocycles. The summed E-state index contributed by atoms with van der Waals surface area (Å²) in [4.78, 5) is 0. The van der Waals surface area contributed by atoms with Crippen LogP contribution in [0.2, 0.25) is 0 Å². The number of nitrogens with two attached hydrogens (primary N) is 1. The number of rotatable bonds is 2. The van der Waals surface area contributed by atoms with E-state index >= 15 is 0 Å². The Kier molecular flexibility index (Phi) is 3.16. The molecule has 3 N–H and O–H groups in total. The Balaban J connectivity index is 2.40. The van der Waals surface area contributed by atoms with E-state index in [-0.39, 0.29) is 0 Å². The van der Waals surface area contributed by atoms with Crippen molar-refractivity contribution in [3.63, 3.8) is 0 Å². The first-order valence-corrected chi connectivity index (χ1v) is 5.43. The van der Waals surface area contributed by atoms with Crippen LogP contribution in [-0.2, 0) is 0 Å². The van der Waals surface area contributed by atoms with E-state index in [9.17, 15) is 4.39 Å². The zero-order chi connectivity index (χ0) is 13.1. The van der Waals surface area contributed by atoms with Crippen molar-refractivity contribution in [2.45, 2.75) is 6.92 Å². The van der Waals surface area contributed by atoms with E-state index in [4.69, 9.17) is 11.0 Å². The first-order valence-electron chi connectivity index (χ1n) is 5.43. The van der Waals surface area contributed by atoms with Gasteiger partial charge in [0.1, 0.15) is 11.9 Å². The van der Waals surface area contributed by atoms with Crippen LogP contribution in [0.1, 0.15) is 11.1 Å². The third kappa shape index (κ3) is 2.41. The van der Waals surface area contributed by atoms with Crippen molar-refractivity contribution >= 4 is 17.1 Å². The van der Waals surface area contributed by atoms with Gasteiger partial charge >= 0.3 is 0 Å². The lowest BCUT2D eigenvalue weighted by Crippen LogP contribution is -1.97. The molecule has 0 fully saturated rings. The summed E-state index contributed by atoms with van der Waals surface area (Å²) in [5.41, 5.74) is 8.48. The molecule has 0 aliphatic carbocycles. The fourth-order valence-corrected chi connectivity index (χ4v) is 1.76. The van der Waals surface area contributed by atoms with Gasteiger partial charge in [-0.2, -0.15) is 5.26 Å². The highest BCUT2D eigenvalue weighted by Gasteiger charge is 2.06. The normalized spacial score (nSPS) is 9.83. The second-order valence-corrected chi connectivity index (χ2v) is 4.01. The molecule has 0 saturated carbocycles. The molecule has 4 heteroatoms. The van der Waals surface area contributed by atoms with E-state index in [1.807, 2.05) is 19.1 Å². The lowest BCUT2D eigenvalue weighted by atomic mass is 10.1. The number of hydrogen-bond donors (Lipinski definition) is 2. The van der Waals surface area contributed by atoms with Crippen LogP contribution in [0.4, 0.5) is 21.5 Å². The number of benzene rings is 2. The van der Waals surface area contributed by atoms with Gasteiger partial charge in [-0.25, -0.2) is 4.39 Å². The number of hydrogen-bond acceptors (Lipinski definition) is 3. The van der Waals surface area contributed by atoms with Crippen molar-refractivity contribution in [1.82, 2.24) is 0 Å². The minimum atomic E-state index is -0.413. The van der Waals surface area contributed by atoms with Gasteiger partial charge in [-0.3, -0.25) is 0 Å². The molecule has 0 unspecified atom stereocenters. The maximum Gasteiger partial charge on any atom is 0.127 e. The molecular formula is C14H12FN3. The predicted octanol–water partition coefficient (Wildman–Crippen LogP) is 3.33. The summed E-state index contributed by atoms with van der Waals surface area (Å²) in [6.45, 7) is 1.85. The van der Waals surface area contributed by atoms with Crippen LogP contribution < -0.4 is 11.1 Å². The first kappa shape index (κ1) is 11.9. The van der Waals surface area contributed by atoms with Crippen molar-refractivity contribution in [2.75, 3.05) is 11.1 Å². The van der Waals surface area contributed by atoms with Gasteiger partial charge in [0.25, 0.3) is 0 Å². The fraction of sp³-hybridized carbons (Fsp3) is 0.0714. The van der Waals surface area contributed by atoms with Crippen LogP contribution in [0.15, 0.2) is 36.4 Å². The number of anilines is 3. The molecule has 0 atom stereocenters. The second kappa shape index (κ2) is 4.76. The number of nitrogens with zero attached hydrogens (tertiary/aromatic N) is 1. The Bertz CT molecular complexity index is 609. The summed E-state index contributed by atoms with van der Waals surface area (Å²) in [6, 6.07) is 11.8. The Morgan fingerprint density at radius 3 is 2.72 bits per heavy atom. The van der Waals surface area contributed by atoms with Gasteiger partial charge in [0, 0.05) is 11.4 Å². The number of nitrogens with one attached hydrogen (secondary N) is 1. The SMILES string of the molecule is Cc1cccc(Nc2cc(N)cc(F)c2)c1C#N. The number of halogens is 1. The molecular weight excluding hydrogens is 229 g/mol. The van der Waals surface area contributed by atoms with Gasteiger partial charge in [0.15, 0.2) is 0 Å². The first-order chi connectivity index (χ1) is 8.60. The molecule has 0 aliphatic heterocycles. The third-order valence-corrected chi connectivity index (χ3v) is 2.58. The maximum absolute atomic E-state index is 13.2. The Hall–Kier alpha value is -2.54. The lowest BCUT2D eigenvalue weighted by Gasteiger charge is -2.10. The van der Waals surface area contributed by atoms with Gasteiger partial charge in [0.05, 0.1) is 11.3 Å². The van der Waals surface area contributed by atoms with Crippen LogP contribution in [0.3, 0.4) is 0 Å². The van der Waals surface area contributed by atoms with Gasteiger partial charge in [0.2, 0.25) is 0 Å². The standard InChI is InChI=1S/C14H12FN3/c1-9-3-2-4-14(13(9)8-16)18-12-6-10(15)5-11(17)7-12/h2-7,18H,17H2,1H3. The van der Waals surface area contributed by atoms with E-state index in [0.717, 1.165) is 5.56 Å². The highest BCUT2D eigenvalue weighted by molar-refractivity contribution is 5.70. The summed E-state index contributed by atoms with van der Waals surface area (Å²) in [6.07, 6.45) is 0. The smallest absolute Gasteiger partial charge is 0.127 e. The average molecular weight is 241 g/mol. The number of aryl methyl sites for hydroxylation is 1. The molecule has 0 radical (unpaired) electrons. The maximum atomic E-state index is 13.2. The van der Waals surface area contributed by atoms with E-state index in [0.29, 0.717) is 22.6 Å². The van der Waals surface area contributed by atoms with E-state index < -0.39 is 5.82 Å². The largest absolute Gasteiger partial charge is 0.399 e. The molecule has 3 nitrogen and oxygen atoms in total. The highest BCUT2D eigenvalue weighted by Crippen LogP contribution is 2.24. The van der Waals surface area contributed by atoms with Gasteiger partial charge < -0.3 is 11.1 Å². The minimum absolute atomic E-state index is 0.337. The number of nitrogen functional groups attached to an aromatic ring is 1. The van der Waals surface area contributed by atoms with E-state index in [1.54, 1.807) is 12.1 Å². The second-order valence-electron chi connectivity index (χ2n) is 4.01. The molecule has 0 aliphatic rings. The minimum Gasteiger partial charge on any atom is -0.399 e. The summed E-state index contributed by atoms with van der Waals surface area (Å²) in [7, 11) is 0. The van der Waals surface area contributed by atoms with Crippen LogP contribution in [0.25, 0.3) is 0 Å². The molecule has 0 amide bonds. The molecule has 0 bridgehead atoms. The Labute approximate surface area is 105 Å². The average Bonchev–Trinajstić information content (AvgIpc) is 2.27. The molecule has 18 heavy (non-hydrogen) atoms. The van der Waals surface area contributed by atoms with Crippen molar-refractivity contribution in [2.24, 2.45) is 0 Å².